The zero-order valence-electron chi connectivity index (χ0n) is 12.7. The second kappa shape index (κ2) is 7.03. The van der Waals surface area contributed by atoms with Gasteiger partial charge in [0.15, 0.2) is 0 Å². The van der Waals surface area contributed by atoms with Crippen molar-refractivity contribution in [3.8, 4) is 0 Å². The lowest BCUT2D eigenvalue weighted by molar-refractivity contribution is 0.549. The van der Waals surface area contributed by atoms with Crippen LogP contribution in [0.2, 0.25) is 0 Å². The average molecular weight is 321 g/mol. The van der Waals surface area contributed by atoms with Crippen molar-refractivity contribution in [3.05, 3.63) is 71.0 Å². The lowest BCUT2D eigenvalue weighted by atomic mass is 10.0. The summed E-state index contributed by atoms with van der Waals surface area (Å²) in [5.74, 6) is -0.532. The zero-order chi connectivity index (χ0) is 16.2. The molecule has 0 amide bonds. The molecule has 5 heteroatoms. The second-order valence-electron chi connectivity index (χ2n) is 5.37. The minimum atomic E-state index is -3.49. The van der Waals surface area contributed by atoms with Gasteiger partial charge in [-0.1, -0.05) is 48.9 Å². The van der Waals surface area contributed by atoms with Crippen LogP contribution in [0.1, 0.15) is 36.1 Å². The molecule has 0 aromatic heterocycles. The fourth-order valence-corrected chi connectivity index (χ4v) is 3.70. The molecule has 0 fully saturated rings. The van der Waals surface area contributed by atoms with Gasteiger partial charge in [-0.15, -0.1) is 0 Å². The Morgan fingerprint density at radius 3 is 2.18 bits per heavy atom. The molecule has 0 aliphatic heterocycles. The molecule has 2 aromatic carbocycles. The van der Waals surface area contributed by atoms with Crippen LogP contribution < -0.4 is 4.72 Å². The summed E-state index contributed by atoms with van der Waals surface area (Å²) in [6.45, 7) is 3.92. The Morgan fingerprint density at radius 2 is 1.64 bits per heavy atom. The summed E-state index contributed by atoms with van der Waals surface area (Å²) in [5.41, 5.74) is 2.64. The fraction of sp³-hybridized carbons (Fsp3) is 0.294. The van der Waals surface area contributed by atoms with Crippen LogP contribution in [-0.2, 0) is 15.8 Å². The van der Waals surface area contributed by atoms with Crippen molar-refractivity contribution in [1.82, 2.24) is 4.72 Å². The van der Waals surface area contributed by atoms with Gasteiger partial charge in [0, 0.05) is 6.04 Å². The number of halogens is 1. The van der Waals surface area contributed by atoms with Gasteiger partial charge in [-0.05, 0) is 36.6 Å². The molecule has 0 saturated carbocycles. The lowest BCUT2D eigenvalue weighted by Gasteiger charge is -2.18. The van der Waals surface area contributed by atoms with E-state index in [2.05, 4.69) is 4.72 Å². The molecule has 0 bridgehead atoms. The first kappa shape index (κ1) is 16.6. The molecule has 1 N–H and O–H groups in total. The predicted molar refractivity (Wildman–Crippen MR) is 86.4 cm³/mol. The van der Waals surface area contributed by atoms with Gasteiger partial charge in [0.25, 0.3) is 0 Å². The highest BCUT2D eigenvalue weighted by Gasteiger charge is 2.18. The number of hydrogen-bond donors (Lipinski definition) is 1. The van der Waals surface area contributed by atoms with E-state index in [1.54, 1.807) is 0 Å². The molecule has 0 saturated heterocycles. The van der Waals surface area contributed by atoms with Crippen LogP contribution in [0.4, 0.5) is 4.39 Å². The van der Waals surface area contributed by atoms with Gasteiger partial charge in [0.2, 0.25) is 10.0 Å². The maximum atomic E-state index is 12.9. The van der Waals surface area contributed by atoms with E-state index in [1.807, 2.05) is 38.1 Å². The van der Waals surface area contributed by atoms with Crippen molar-refractivity contribution in [2.24, 2.45) is 0 Å². The highest BCUT2D eigenvalue weighted by Crippen LogP contribution is 2.19. The third kappa shape index (κ3) is 4.64. The largest absolute Gasteiger partial charge is 0.216 e. The number of aryl methyl sites for hydroxylation is 1. The van der Waals surface area contributed by atoms with Crippen molar-refractivity contribution >= 4 is 10.0 Å². The number of rotatable bonds is 6. The third-order valence-electron chi connectivity index (χ3n) is 3.48. The van der Waals surface area contributed by atoms with Crippen LogP contribution in [0.15, 0.2) is 48.5 Å². The smallest absolute Gasteiger partial charge is 0.212 e. The van der Waals surface area contributed by atoms with Crippen LogP contribution in [-0.4, -0.2) is 8.42 Å². The van der Waals surface area contributed by atoms with E-state index in [4.69, 9.17) is 0 Å². The molecule has 0 aliphatic rings. The Hall–Kier alpha value is -1.72. The maximum absolute atomic E-state index is 12.9. The number of sulfonamides is 1. The SMILES string of the molecule is CCC(NS(=O)(=O)Cc1ccc(F)cc1)c1ccc(C)cc1. The van der Waals surface area contributed by atoms with E-state index < -0.39 is 10.0 Å². The Bertz CT molecular complexity index is 709. The molecule has 118 valence electrons. The van der Waals surface area contributed by atoms with Crippen molar-refractivity contribution in [1.29, 1.82) is 0 Å². The van der Waals surface area contributed by atoms with Gasteiger partial charge in [-0.3, -0.25) is 0 Å². The summed E-state index contributed by atoms with van der Waals surface area (Å²) in [5, 5.41) is 0. The first-order valence-corrected chi connectivity index (χ1v) is 8.86. The molecule has 2 rings (SSSR count). The number of nitrogens with one attached hydrogen (secondary N) is 1. The molecule has 0 spiro atoms. The fourth-order valence-electron chi connectivity index (χ4n) is 2.24. The van der Waals surface area contributed by atoms with E-state index in [1.165, 1.54) is 24.3 Å². The summed E-state index contributed by atoms with van der Waals surface area (Å²) in [6.07, 6.45) is 0.658. The van der Waals surface area contributed by atoms with Crippen molar-refractivity contribution in [3.63, 3.8) is 0 Å². The van der Waals surface area contributed by atoms with Crippen LogP contribution >= 0.6 is 0 Å². The molecular weight excluding hydrogens is 301 g/mol. The summed E-state index contributed by atoms with van der Waals surface area (Å²) < 4.78 is 40.2. The van der Waals surface area contributed by atoms with Gasteiger partial charge in [0.1, 0.15) is 5.82 Å². The molecule has 0 aliphatic carbocycles. The number of benzene rings is 2. The van der Waals surface area contributed by atoms with Crippen LogP contribution in [0, 0.1) is 12.7 Å². The Balaban J connectivity index is 2.11. The second-order valence-corrected chi connectivity index (χ2v) is 7.13. The van der Waals surface area contributed by atoms with E-state index >= 15 is 0 Å². The van der Waals surface area contributed by atoms with E-state index in [0.29, 0.717) is 12.0 Å². The summed E-state index contributed by atoms with van der Waals surface area (Å²) in [7, 11) is -3.49. The van der Waals surface area contributed by atoms with Crippen molar-refractivity contribution in [2.75, 3.05) is 0 Å². The summed E-state index contributed by atoms with van der Waals surface area (Å²) in [6, 6.07) is 13.0. The highest BCUT2D eigenvalue weighted by atomic mass is 32.2. The molecular formula is C17H20FNO2S. The van der Waals surface area contributed by atoms with E-state index in [0.717, 1.165) is 11.1 Å². The van der Waals surface area contributed by atoms with Crippen LogP contribution in [0.5, 0.6) is 0 Å². The van der Waals surface area contributed by atoms with Gasteiger partial charge in [0.05, 0.1) is 5.75 Å². The predicted octanol–water partition coefficient (Wildman–Crippen LogP) is 3.70. The first-order valence-electron chi connectivity index (χ1n) is 7.20. The van der Waals surface area contributed by atoms with E-state index in [9.17, 15) is 12.8 Å². The standard InChI is InChI=1S/C17H20FNO2S/c1-3-17(15-8-4-13(2)5-9-15)19-22(20,21)12-14-6-10-16(18)11-7-14/h4-11,17,19H,3,12H2,1-2H3. The highest BCUT2D eigenvalue weighted by molar-refractivity contribution is 7.88. The van der Waals surface area contributed by atoms with E-state index in [-0.39, 0.29) is 17.6 Å². The zero-order valence-corrected chi connectivity index (χ0v) is 13.5. The monoisotopic (exact) mass is 321 g/mol. The molecule has 0 heterocycles. The molecule has 2 aromatic rings. The quantitative estimate of drug-likeness (QED) is 0.881. The van der Waals surface area contributed by atoms with Crippen LogP contribution in [0.25, 0.3) is 0 Å². The minimum absolute atomic E-state index is 0.157. The molecule has 1 atom stereocenters. The van der Waals surface area contributed by atoms with Gasteiger partial charge in [-0.2, -0.15) is 0 Å². The lowest BCUT2D eigenvalue weighted by Crippen LogP contribution is -2.29. The van der Waals surface area contributed by atoms with Crippen molar-refractivity contribution in [2.45, 2.75) is 32.1 Å². The topological polar surface area (TPSA) is 46.2 Å². The Morgan fingerprint density at radius 1 is 1.05 bits per heavy atom. The van der Waals surface area contributed by atoms with Gasteiger partial charge < -0.3 is 0 Å². The minimum Gasteiger partial charge on any atom is -0.212 e. The molecule has 1 unspecified atom stereocenters. The molecule has 3 nitrogen and oxygen atoms in total. The third-order valence-corrected chi connectivity index (χ3v) is 4.84. The summed E-state index contributed by atoms with van der Waals surface area (Å²) in [4.78, 5) is 0. The normalized spacial score (nSPS) is 13.0. The van der Waals surface area contributed by atoms with Crippen molar-refractivity contribution < 1.29 is 12.8 Å². The van der Waals surface area contributed by atoms with Crippen LogP contribution in [0.3, 0.4) is 0 Å². The summed E-state index contributed by atoms with van der Waals surface area (Å²) >= 11 is 0. The molecule has 0 radical (unpaired) electrons. The van der Waals surface area contributed by atoms with Gasteiger partial charge >= 0.3 is 0 Å². The first-order chi connectivity index (χ1) is 10.4. The molecule has 22 heavy (non-hydrogen) atoms. The van der Waals surface area contributed by atoms with Gasteiger partial charge in [-0.25, -0.2) is 17.5 Å². The maximum Gasteiger partial charge on any atom is 0.216 e. The number of hydrogen-bond acceptors (Lipinski definition) is 2. The Kier molecular flexibility index (Phi) is 5.32. The average Bonchev–Trinajstić information content (AvgIpc) is 2.48. The Labute approximate surface area is 131 Å².